The average molecular weight is 397 g/mol. The number of nitrogens with two attached hydrogens (primary N) is 1. The Kier molecular flexibility index (Phi) is 5.25. The minimum absolute atomic E-state index is 0.378. The maximum absolute atomic E-state index is 12.3. The van der Waals surface area contributed by atoms with E-state index >= 15 is 0 Å². The Morgan fingerprint density at radius 3 is 2.30 bits per heavy atom. The molecule has 0 spiro atoms. The summed E-state index contributed by atoms with van der Waals surface area (Å²) in [6.07, 6.45) is 5.02. The summed E-state index contributed by atoms with van der Waals surface area (Å²) < 4.78 is 0. The van der Waals surface area contributed by atoms with Crippen LogP contribution in [0.4, 0.5) is 16.2 Å². The fourth-order valence-corrected chi connectivity index (χ4v) is 3.10. The topological polar surface area (TPSA) is 113 Å². The molecule has 0 saturated carbocycles. The molecule has 0 atom stereocenters. The van der Waals surface area contributed by atoms with E-state index in [0.29, 0.717) is 22.6 Å². The van der Waals surface area contributed by atoms with Crippen LogP contribution in [0.3, 0.4) is 0 Å². The van der Waals surface area contributed by atoms with Crippen molar-refractivity contribution in [2.24, 2.45) is 5.73 Å². The number of nitrogens with zero attached hydrogens (tertiary/aromatic N) is 1. The van der Waals surface area contributed by atoms with E-state index in [0.717, 1.165) is 16.5 Å². The molecular weight excluding hydrogens is 378 g/mol. The van der Waals surface area contributed by atoms with Crippen LogP contribution in [0.5, 0.6) is 0 Å². The fourth-order valence-electron chi connectivity index (χ4n) is 3.10. The van der Waals surface area contributed by atoms with Gasteiger partial charge in [0.25, 0.3) is 0 Å². The fraction of sp³-hybridized carbons (Fsp3) is 0. The number of nitrogens with one attached hydrogen (secondary N) is 3. The van der Waals surface area contributed by atoms with Gasteiger partial charge in [0.2, 0.25) is 5.91 Å². The van der Waals surface area contributed by atoms with Gasteiger partial charge in [-0.3, -0.25) is 4.79 Å². The number of carbonyl (C=O) groups is 2. The van der Waals surface area contributed by atoms with Crippen molar-refractivity contribution >= 4 is 46.0 Å². The quantitative estimate of drug-likeness (QED) is 0.378. The lowest BCUT2D eigenvalue weighted by atomic mass is 10.0. The zero-order valence-corrected chi connectivity index (χ0v) is 15.9. The molecule has 2 aromatic heterocycles. The first kappa shape index (κ1) is 18.9. The number of urea groups is 1. The van der Waals surface area contributed by atoms with Crippen molar-refractivity contribution in [2.75, 3.05) is 10.6 Å². The molecule has 30 heavy (non-hydrogen) atoms. The molecule has 0 aliphatic rings. The number of carbonyl (C=O) groups excluding carboxylic acids is 2. The number of H-pyrrole nitrogens is 1. The molecule has 0 saturated heterocycles. The molecule has 5 N–H and O–H groups in total. The normalized spacial score (nSPS) is 11.3. The zero-order chi connectivity index (χ0) is 20.9. The summed E-state index contributed by atoms with van der Waals surface area (Å²) in [5.41, 5.74) is 9.28. The molecule has 4 aromatic rings. The van der Waals surface area contributed by atoms with Crippen LogP contribution >= 0.6 is 0 Å². The molecule has 2 aromatic carbocycles. The van der Waals surface area contributed by atoms with Crippen molar-refractivity contribution in [3.05, 3.63) is 90.3 Å². The number of amides is 3. The van der Waals surface area contributed by atoms with Crippen LogP contribution in [0.1, 0.15) is 11.1 Å². The summed E-state index contributed by atoms with van der Waals surface area (Å²) in [7, 11) is 0. The monoisotopic (exact) mass is 397 g/mol. The second-order valence-corrected chi connectivity index (χ2v) is 6.60. The third-order valence-corrected chi connectivity index (χ3v) is 4.50. The third-order valence-electron chi connectivity index (χ3n) is 4.50. The van der Waals surface area contributed by atoms with Crippen LogP contribution in [0.25, 0.3) is 22.7 Å². The highest BCUT2D eigenvalue weighted by atomic mass is 16.2. The Morgan fingerprint density at radius 1 is 0.933 bits per heavy atom. The van der Waals surface area contributed by atoms with Gasteiger partial charge in [-0.15, -0.1) is 0 Å². The van der Waals surface area contributed by atoms with Gasteiger partial charge in [0.1, 0.15) is 5.65 Å². The summed E-state index contributed by atoms with van der Waals surface area (Å²) in [5, 5.41) is 6.28. The Bertz CT molecular complexity index is 1230. The summed E-state index contributed by atoms with van der Waals surface area (Å²) >= 11 is 0. The highest BCUT2D eigenvalue weighted by Gasteiger charge is 2.12. The first-order chi connectivity index (χ1) is 14.6. The number of pyridine rings is 1. The van der Waals surface area contributed by atoms with Gasteiger partial charge in [-0.05, 0) is 29.8 Å². The number of hydrogen-bond donors (Lipinski definition) is 4. The number of aromatic nitrogens is 2. The van der Waals surface area contributed by atoms with E-state index in [1.165, 1.54) is 0 Å². The van der Waals surface area contributed by atoms with Crippen molar-refractivity contribution in [2.45, 2.75) is 0 Å². The average Bonchev–Trinajstić information content (AvgIpc) is 3.15. The van der Waals surface area contributed by atoms with Crippen LogP contribution in [-0.2, 0) is 4.79 Å². The van der Waals surface area contributed by atoms with Gasteiger partial charge in [-0.1, -0.05) is 48.5 Å². The lowest BCUT2D eigenvalue weighted by molar-refractivity contribution is -0.112. The molecule has 0 bridgehead atoms. The third kappa shape index (κ3) is 4.20. The molecule has 2 heterocycles. The van der Waals surface area contributed by atoms with Crippen LogP contribution in [-0.4, -0.2) is 21.9 Å². The number of hydrogen-bond acceptors (Lipinski definition) is 3. The van der Waals surface area contributed by atoms with Gasteiger partial charge in [-0.2, -0.15) is 0 Å². The van der Waals surface area contributed by atoms with E-state index in [-0.39, 0.29) is 6.03 Å². The summed E-state index contributed by atoms with van der Waals surface area (Å²) in [5.74, 6) is -0.528. The van der Waals surface area contributed by atoms with E-state index < -0.39 is 5.91 Å². The molecule has 0 aliphatic heterocycles. The molecule has 0 aliphatic carbocycles. The highest BCUT2D eigenvalue weighted by molar-refractivity contribution is 6.24. The largest absolute Gasteiger partial charge is 0.366 e. The van der Waals surface area contributed by atoms with Crippen LogP contribution in [0, 0.1) is 0 Å². The molecule has 0 radical (unpaired) electrons. The van der Waals surface area contributed by atoms with Gasteiger partial charge < -0.3 is 21.4 Å². The minimum Gasteiger partial charge on any atom is -0.366 e. The van der Waals surface area contributed by atoms with E-state index in [1.807, 2.05) is 48.5 Å². The van der Waals surface area contributed by atoms with E-state index in [4.69, 9.17) is 5.73 Å². The summed E-state index contributed by atoms with van der Waals surface area (Å²) in [6, 6.07) is 19.8. The van der Waals surface area contributed by atoms with Crippen molar-refractivity contribution in [1.82, 2.24) is 9.97 Å². The van der Waals surface area contributed by atoms with Gasteiger partial charge in [0, 0.05) is 28.4 Å². The van der Waals surface area contributed by atoms with Gasteiger partial charge >= 0.3 is 6.03 Å². The number of para-hydroxylation sites is 1. The number of primary amides is 1. The van der Waals surface area contributed by atoms with E-state index in [1.54, 1.807) is 36.7 Å². The Labute approximate surface area is 172 Å². The maximum atomic E-state index is 12.3. The number of rotatable bonds is 5. The first-order valence-corrected chi connectivity index (χ1v) is 9.27. The number of aromatic amines is 1. The molecule has 3 amide bonds. The number of benzene rings is 2. The zero-order valence-electron chi connectivity index (χ0n) is 15.9. The molecule has 0 unspecified atom stereocenters. The number of anilines is 2. The highest BCUT2D eigenvalue weighted by Crippen LogP contribution is 2.25. The van der Waals surface area contributed by atoms with Crippen molar-refractivity contribution in [3.8, 4) is 0 Å². The molecule has 7 nitrogen and oxygen atoms in total. The summed E-state index contributed by atoms with van der Waals surface area (Å²) in [4.78, 5) is 31.7. The first-order valence-electron chi connectivity index (χ1n) is 9.27. The Morgan fingerprint density at radius 2 is 1.60 bits per heavy atom. The maximum Gasteiger partial charge on any atom is 0.323 e. The molecule has 148 valence electrons. The van der Waals surface area contributed by atoms with Crippen molar-refractivity contribution in [1.29, 1.82) is 0 Å². The van der Waals surface area contributed by atoms with Gasteiger partial charge in [0.05, 0.1) is 11.9 Å². The van der Waals surface area contributed by atoms with E-state index in [2.05, 4.69) is 20.6 Å². The van der Waals surface area contributed by atoms with Crippen molar-refractivity contribution < 1.29 is 9.59 Å². The molecular formula is C23H19N5O2. The van der Waals surface area contributed by atoms with Gasteiger partial charge in [-0.25, -0.2) is 9.78 Å². The lowest BCUT2D eigenvalue weighted by Gasteiger charge is -2.07. The molecule has 0 fully saturated rings. The molecule has 7 heteroatoms. The Balaban J connectivity index is 1.63. The molecule has 4 rings (SSSR count). The van der Waals surface area contributed by atoms with Crippen molar-refractivity contribution in [3.63, 3.8) is 0 Å². The standard InChI is InChI=1S/C23H19N5O2/c24-21(29)19(15-7-3-1-4-8-15)11-16-13-25-22-20(16)12-18(14-26-22)28-23(30)27-17-9-5-2-6-10-17/h1-14H,(H2,24,29)(H,25,26)(H2,27,28,30). The second-order valence-electron chi connectivity index (χ2n) is 6.60. The number of fused-ring (bicyclic) bond motifs is 1. The van der Waals surface area contributed by atoms with E-state index in [9.17, 15) is 9.59 Å². The predicted octanol–water partition coefficient (Wildman–Crippen LogP) is 4.23. The minimum atomic E-state index is -0.528. The lowest BCUT2D eigenvalue weighted by Crippen LogP contribution is -2.19. The smallest absolute Gasteiger partial charge is 0.323 e. The van der Waals surface area contributed by atoms with Crippen LogP contribution < -0.4 is 16.4 Å². The van der Waals surface area contributed by atoms with Crippen LogP contribution in [0.15, 0.2) is 79.1 Å². The van der Waals surface area contributed by atoms with Crippen LogP contribution in [0.2, 0.25) is 0 Å². The SMILES string of the molecule is NC(=O)C(=Cc1c[nH]c2ncc(NC(=O)Nc3ccccc3)cc12)c1ccccc1. The predicted molar refractivity (Wildman–Crippen MR) is 119 cm³/mol. The second kappa shape index (κ2) is 8.32. The Hall–Kier alpha value is -4.39. The summed E-state index contributed by atoms with van der Waals surface area (Å²) in [6.45, 7) is 0. The van der Waals surface area contributed by atoms with Gasteiger partial charge in [0.15, 0.2) is 0 Å².